The molecule has 0 spiro atoms. The molecule has 4 nitrogen and oxygen atoms in total. The second-order valence-corrected chi connectivity index (χ2v) is 6.10. The molecule has 0 bridgehead atoms. The summed E-state index contributed by atoms with van der Waals surface area (Å²) in [6, 6.07) is 10.9. The van der Waals surface area contributed by atoms with Crippen molar-refractivity contribution in [1.82, 2.24) is 20.5 Å². The van der Waals surface area contributed by atoms with E-state index in [0.717, 1.165) is 33.0 Å². The van der Waals surface area contributed by atoms with Crippen LogP contribution in [0.3, 0.4) is 0 Å². The first kappa shape index (κ1) is 11.9. The molecule has 100 valence electrons. The van der Waals surface area contributed by atoms with Crippen molar-refractivity contribution >= 4 is 22.2 Å². The van der Waals surface area contributed by atoms with Gasteiger partial charge < -0.3 is 5.32 Å². The first-order valence-electron chi connectivity index (χ1n) is 6.80. The van der Waals surface area contributed by atoms with Crippen molar-refractivity contribution in [3.05, 3.63) is 41.5 Å². The Labute approximate surface area is 120 Å². The van der Waals surface area contributed by atoms with Gasteiger partial charge in [0.05, 0.1) is 5.52 Å². The Morgan fingerprint density at radius 3 is 2.95 bits per heavy atom. The second kappa shape index (κ2) is 4.92. The van der Waals surface area contributed by atoms with Crippen LogP contribution in [0.2, 0.25) is 0 Å². The number of para-hydroxylation sites is 1. The van der Waals surface area contributed by atoms with E-state index in [1.165, 1.54) is 12.8 Å². The number of hydrogen-bond acceptors (Lipinski definition) is 5. The number of nitrogens with one attached hydrogen (secondary N) is 1. The van der Waals surface area contributed by atoms with Crippen molar-refractivity contribution < 1.29 is 0 Å². The fourth-order valence-electron chi connectivity index (χ4n) is 2.23. The molecule has 2 aromatic heterocycles. The van der Waals surface area contributed by atoms with E-state index in [2.05, 4.69) is 38.7 Å². The van der Waals surface area contributed by atoms with Gasteiger partial charge in [0.25, 0.3) is 0 Å². The van der Waals surface area contributed by atoms with Crippen LogP contribution < -0.4 is 5.32 Å². The molecular formula is C15H14N4S. The molecular weight excluding hydrogens is 268 g/mol. The predicted octanol–water partition coefficient (Wildman–Crippen LogP) is 3.01. The number of pyridine rings is 1. The summed E-state index contributed by atoms with van der Waals surface area (Å²) in [4.78, 5) is 4.47. The van der Waals surface area contributed by atoms with Gasteiger partial charge in [-0.15, -0.1) is 10.2 Å². The maximum absolute atomic E-state index is 4.47. The molecule has 1 N–H and O–H groups in total. The molecule has 1 aliphatic carbocycles. The van der Waals surface area contributed by atoms with Gasteiger partial charge in [0.2, 0.25) is 0 Å². The van der Waals surface area contributed by atoms with Crippen LogP contribution in [-0.2, 0) is 6.54 Å². The largest absolute Gasteiger partial charge is 0.308 e. The second-order valence-electron chi connectivity index (χ2n) is 5.04. The van der Waals surface area contributed by atoms with E-state index in [1.807, 2.05) is 18.3 Å². The molecule has 3 aromatic rings. The Hall–Kier alpha value is -1.85. The minimum Gasteiger partial charge on any atom is -0.308 e. The van der Waals surface area contributed by atoms with E-state index in [-0.39, 0.29) is 0 Å². The topological polar surface area (TPSA) is 50.7 Å². The molecule has 0 aliphatic heterocycles. The van der Waals surface area contributed by atoms with Gasteiger partial charge in [0, 0.05) is 29.7 Å². The summed E-state index contributed by atoms with van der Waals surface area (Å²) in [5.41, 5.74) is 2.06. The molecule has 1 fully saturated rings. The Kier molecular flexibility index (Phi) is 2.94. The monoisotopic (exact) mass is 282 g/mol. The first-order valence-corrected chi connectivity index (χ1v) is 7.62. The Balaban J connectivity index is 1.67. The standard InChI is InChI=1S/C15H14N4S/c1-3-10-4-2-8-16-14(10)12(5-1)15-19-18-13(20-15)9-17-11-6-7-11/h1-5,8,11,17H,6-7,9H2. The number of fused-ring (bicyclic) bond motifs is 1. The zero-order chi connectivity index (χ0) is 13.4. The number of benzene rings is 1. The SMILES string of the molecule is c1cnc2c(-c3nnc(CNC4CC4)s3)cccc2c1. The van der Waals surface area contributed by atoms with E-state index in [4.69, 9.17) is 0 Å². The molecule has 4 rings (SSSR count). The average molecular weight is 282 g/mol. The van der Waals surface area contributed by atoms with Crippen LogP contribution in [0.1, 0.15) is 17.8 Å². The van der Waals surface area contributed by atoms with Gasteiger partial charge in [-0.1, -0.05) is 29.5 Å². The van der Waals surface area contributed by atoms with Crippen molar-refractivity contribution in [2.45, 2.75) is 25.4 Å². The lowest BCUT2D eigenvalue weighted by Gasteiger charge is -2.01. The highest BCUT2D eigenvalue weighted by Gasteiger charge is 2.21. The third-order valence-corrected chi connectivity index (χ3v) is 4.41. The van der Waals surface area contributed by atoms with E-state index >= 15 is 0 Å². The van der Waals surface area contributed by atoms with E-state index in [0.29, 0.717) is 6.04 Å². The lowest BCUT2D eigenvalue weighted by Crippen LogP contribution is -2.14. The molecule has 1 saturated carbocycles. The van der Waals surface area contributed by atoms with Crippen LogP contribution >= 0.6 is 11.3 Å². The van der Waals surface area contributed by atoms with Gasteiger partial charge in [-0.25, -0.2) is 0 Å². The lowest BCUT2D eigenvalue weighted by molar-refractivity contribution is 0.679. The Morgan fingerprint density at radius 1 is 1.15 bits per heavy atom. The van der Waals surface area contributed by atoms with E-state index in [9.17, 15) is 0 Å². The molecule has 1 aromatic carbocycles. The van der Waals surface area contributed by atoms with Gasteiger partial charge in [0.15, 0.2) is 0 Å². The summed E-state index contributed by atoms with van der Waals surface area (Å²) >= 11 is 1.65. The Bertz CT molecular complexity index is 743. The third kappa shape index (κ3) is 2.30. The molecule has 0 saturated heterocycles. The molecule has 20 heavy (non-hydrogen) atoms. The van der Waals surface area contributed by atoms with Crippen molar-refractivity contribution in [1.29, 1.82) is 0 Å². The summed E-state index contributed by atoms with van der Waals surface area (Å²) in [7, 11) is 0. The van der Waals surface area contributed by atoms with Gasteiger partial charge in [-0.05, 0) is 25.0 Å². The maximum Gasteiger partial charge on any atom is 0.150 e. The molecule has 0 unspecified atom stereocenters. The minimum absolute atomic E-state index is 0.696. The normalized spacial score (nSPS) is 14.8. The quantitative estimate of drug-likeness (QED) is 0.799. The number of rotatable bonds is 4. The van der Waals surface area contributed by atoms with Crippen LogP contribution in [0, 0.1) is 0 Å². The third-order valence-electron chi connectivity index (χ3n) is 3.45. The summed E-state index contributed by atoms with van der Waals surface area (Å²) in [6.07, 6.45) is 4.40. The fourth-order valence-corrected chi connectivity index (χ4v) is 3.05. The zero-order valence-corrected chi connectivity index (χ0v) is 11.7. The zero-order valence-electron chi connectivity index (χ0n) is 10.9. The molecule has 1 aliphatic rings. The van der Waals surface area contributed by atoms with Crippen molar-refractivity contribution in [3.63, 3.8) is 0 Å². The van der Waals surface area contributed by atoms with Crippen LogP contribution in [0.15, 0.2) is 36.5 Å². The predicted molar refractivity (Wildman–Crippen MR) is 80.5 cm³/mol. The van der Waals surface area contributed by atoms with Gasteiger partial charge >= 0.3 is 0 Å². The molecule has 0 atom stereocenters. The van der Waals surface area contributed by atoms with Crippen molar-refractivity contribution in [3.8, 4) is 10.6 Å². The molecule has 5 heteroatoms. The minimum atomic E-state index is 0.696. The molecule has 2 heterocycles. The highest BCUT2D eigenvalue weighted by atomic mass is 32.1. The van der Waals surface area contributed by atoms with E-state index < -0.39 is 0 Å². The van der Waals surface area contributed by atoms with Crippen molar-refractivity contribution in [2.24, 2.45) is 0 Å². The molecule has 0 amide bonds. The summed E-state index contributed by atoms with van der Waals surface area (Å²) in [5, 5.41) is 15.2. The number of nitrogens with zero attached hydrogens (tertiary/aromatic N) is 3. The smallest absolute Gasteiger partial charge is 0.150 e. The number of hydrogen-bond donors (Lipinski definition) is 1. The van der Waals surface area contributed by atoms with Crippen LogP contribution in [0.5, 0.6) is 0 Å². The summed E-state index contributed by atoms with van der Waals surface area (Å²) in [6.45, 7) is 0.820. The maximum atomic E-state index is 4.47. The lowest BCUT2D eigenvalue weighted by atomic mass is 10.1. The van der Waals surface area contributed by atoms with Gasteiger partial charge in [0.1, 0.15) is 10.0 Å². The van der Waals surface area contributed by atoms with Crippen LogP contribution in [-0.4, -0.2) is 21.2 Å². The highest BCUT2D eigenvalue weighted by Crippen LogP contribution is 2.29. The van der Waals surface area contributed by atoms with Crippen LogP contribution in [0.4, 0.5) is 0 Å². The van der Waals surface area contributed by atoms with E-state index in [1.54, 1.807) is 11.3 Å². The Morgan fingerprint density at radius 2 is 2.05 bits per heavy atom. The van der Waals surface area contributed by atoms with Gasteiger partial charge in [-0.2, -0.15) is 0 Å². The average Bonchev–Trinajstić information content (AvgIpc) is 3.21. The summed E-state index contributed by atoms with van der Waals surface area (Å²) < 4.78 is 0. The first-order chi connectivity index (χ1) is 9.90. The van der Waals surface area contributed by atoms with Crippen molar-refractivity contribution in [2.75, 3.05) is 0 Å². The highest BCUT2D eigenvalue weighted by molar-refractivity contribution is 7.14. The fraction of sp³-hybridized carbons (Fsp3) is 0.267. The van der Waals surface area contributed by atoms with Gasteiger partial charge in [-0.3, -0.25) is 4.98 Å². The van der Waals surface area contributed by atoms with Crippen LogP contribution in [0.25, 0.3) is 21.5 Å². The summed E-state index contributed by atoms with van der Waals surface area (Å²) in [5.74, 6) is 0. The number of aromatic nitrogens is 3. The molecule has 0 radical (unpaired) electrons.